The van der Waals surface area contributed by atoms with Crippen molar-refractivity contribution >= 4 is 11.6 Å². The van der Waals surface area contributed by atoms with Gasteiger partial charge in [-0.15, -0.1) is 0 Å². The minimum absolute atomic E-state index is 0.0156. The minimum atomic E-state index is -0.717. The highest BCUT2D eigenvalue weighted by molar-refractivity contribution is 5.90. The predicted octanol–water partition coefficient (Wildman–Crippen LogP) is 3.68. The van der Waals surface area contributed by atoms with Gasteiger partial charge < -0.3 is 10.1 Å². The molecule has 0 bridgehead atoms. The van der Waals surface area contributed by atoms with Crippen molar-refractivity contribution < 1.29 is 22.7 Å². The first-order chi connectivity index (χ1) is 10.5. The van der Waals surface area contributed by atoms with E-state index >= 15 is 0 Å². The average Bonchev–Trinajstić information content (AvgIpc) is 2.49. The normalized spacial score (nSPS) is 10.4. The number of nitrogens with one attached hydrogen (secondary N) is 1. The Hall–Kier alpha value is -2.50. The third kappa shape index (κ3) is 4.00. The number of methoxy groups -OCH3 is 1. The zero-order valence-electron chi connectivity index (χ0n) is 11.8. The van der Waals surface area contributed by atoms with Crippen LogP contribution in [0.15, 0.2) is 36.4 Å². The molecule has 0 unspecified atom stereocenters. The first kappa shape index (κ1) is 15.9. The van der Waals surface area contributed by atoms with Crippen molar-refractivity contribution in [2.45, 2.75) is 12.8 Å². The molecule has 0 radical (unpaired) electrons. The van der Waals surface area contributed by atoms with Crippen LogP contribution in [-0.2, 0) is 11.2 Å². The van der Waals surface area contributed by atoms with Crippen molar-refractivity contribution in [1.29, 1.82) is 0 Å². The van der Waals surface area contributed by atoms with Crippen LogP contribution in [-0.4, -0.2) is 13.0 Å². The lowest BCUT2D eigenvalue weighted by atomic mass is 10.1. The lowest BCUT2D eigenvalue weighted by Gasteiger charge is -2.07. The average molecular weight is 309 g/mol. The highest BCUT2D eigenvalue weighted by atomic mass is 19.1. The number of anilines is 1. The monoisotopic (exact) mass is 309 g/mol. The van der Waals surface area contributed by atoms with Gasteiger partial charge >= 0.3 is 0 Å². The van der Waals surface area contributed by atoms with E-state index in [9.17, 15) is 18.0 Å². The van der Waals surface area contributed by atoms with Gasteiger partial charge in [-0.1, -0.05) is 6.07 Å². The largest absolute Gasteiger partial charge is 0.494 e. The summed E-state index contributed by atoms with van der Waals surface area (Å²) >= 11 is 0. The molecule has 0 spiro atoms. The number of benzene rings is 2. The number of halogens is 3. The van der Waals surface area contributed by atoms with Gasteiger partial charge in [0.2, 0.25) is 5.91 Å². The number of hydrogen-bond donors (Lipinski definition) is 1. The molecule has 3 nitrogen and oxygen atoms in total. The number of carbonyl (C=O) groups is 1. The van der Waals surface area contributed by atoms with Crippen LogP contribution in [0, 0.1) is 17.5 Å². The fourth-order valence-electron chi connectivity index (χ4n) is 1.93. The summed E-state index contributed by atoms with van der Waals surface area (Å²) in [4.78, 5) is 11.7. The molecule has 116 valence electrons. The van der Waals surface area contributed by atoms with E-state index in [0.29, 0.717) is 5.56 Å². The second-order valence-electron chi connectivity index (χ2n) is 4.64. The van der Waals surface area contributed by atoms with Crippen LogP contribution in [0.25, 0.3) is 0 Å². The topological polar surface area (TPSA) is 38.3 Å². The molecule has 2 aromatic carbocycles. The van der Waals surface area contributed by atoms with Gasteiger partial charge in [0.15, 0.2) is 11.6 Å². The van der Waals surface area contributed by atoms with Crippen LogP contribution < -0.4 is 10.1 Å². The van der Waals surface area contributed by atoms with E-state index in [1.807, 2.05) is 0 Å². The van der Waals surface area contributed by atoms with Crippen molar-refractivity contribution in [1.82, 2.24) is 0 Å². The summed E-state index contributed by atoms with van der Waals surface area (Å²) in [5.41, 5.74) is 0.388. The van der Waals surface area contributed by atoms with Gasteiger partial charge in [0.05, 0.1) is 12.8 Å². The van der Waals surface area contributed by atoms with E-state index in [-0.39, 0.29) is 24.3 Å². The first-order valence-corrected chi connectivity index (χ1v) is 6.57. The quantitative estimate of drug-likeness (QED) is 0.915. The maximum atomic E-state index is 13.5. The molecule has 0 saturated heterocycles. The maximum Gasteiger partial charge on any atom is 0.224 e. The fourth-order valence-corrected chi connectivity index (χ4v) is 1.93. The maximum absolute atomic E-state index is 13.5. The highest BCUT2D eigenvalue weighted by Gasteiger charge is 2.09. The molecule has 0 fully saturated rings. The third-order valence-corrected chi connectivity index (χ3v) is 3.06. The molecule has 6 heteroatoms. The molecule has 0 saturated carbocycles. The molecule has 1 amide bonds. The van der Waals surface area contributed by atoms with Crippen LogP contribution in [0.4, 0.5) is 18.9 Å². The fraction of sp³-hybridized carbons (Fsp3) is 0.188. The lowest BCUT2D eigenvalue weighted by Crippen LogP contribution is -2.13. The SMILES string of the molecule is COc1ccc(CCC(=O)Nc2cc(F)ccc2F)cc1F. The van der Waals surface area contributed by atoms with E-state index < -0.39 is 23.4 Å². The van der Waals surface area contributed by atoms with E-state index in [2.05, 4.69) is 5.32 Å². The van der Waals surface area contributed by atoms with Gasteiger partial charge in [0.1, 0.15) is 11.6 Å². The smallest absolute Gasteiger partial charge is 0.224 e. The second kappa shape index (κ2) is 6.98. The number of aryl methyl sites for hydroxylation is 1. The molecule has 2 rings (SSSR count). The van der Waals surface area contributed by atoms with Crippen LogP contribution in [0.2, 0.25) is 0 Å². The Bertz CT molecular complexity index is 689. The zero-order valence-corrected chi connectivity index (χ0v) is 11.8. The summed E-state index contributed by atoms with van der Waals surface area (Å²) in [6.07, 6.45) is 0.283. The van der Waals surface area contributed by atoms with Crippen molar-refractivity contribution in [3.8, 4) is 5.75 Å². The van der Waals surface area contributed by atoms with Gasteiger partial charge in [0, 0.05) is 12.5 Å². The molecule has 0 aromatic heterocycles. The summed E-state index contributed by atoms with van der Waals surface area (Å²) in [5, 5.41) is 2.29. The standard InChI is InChI=1S/C16H14F3NO2/c1-22-15-6-2-10(8-13(15)19)3-7-16(21)20-14-9-11(17)4-5-12(14)18/h2,4-6,8-9H,3,7H2,1H3,(H,20,21). The number of hydrogen-bond acceptors (Lipinski definition) is 2. The summed E-state index contributed by atoms with van der Waals surface area (Å²) < 4.78 is 44.7. The number of amides is 1. The molecule has 0 aliphatic carbocycles. The van der Waals surface area contributed by atoms with E-state index in [4.69, 9.17) is 4.74 Å². The summed E-state index contributed by atoms with van der Waals surface area (Å²) in [6, 6.07) is 7.18. The molecule has 0 atom stereocenters. The Balaban J connectivity index is 1.95. The number of carbonyl (C=O) groups excluding carboxylic acids is 1. The van der Waals surface area contributed by atoms with E-state index in [0.717, 1.165) is 18.2 Å². The molecular formula is C16H14F3NO2. The Morgan fingerprint density at radius 3 is 2.55 bits per heavy atom. The van der Waals surface area contributed by atoms with E-state index in [1.54, 1.807) is 6.07 Å². The van der Waals surface area contributed by atoms with Gasteiger partial charge in [-0.2, -0.15) is 0 Å². The third-order valence-electron chi connectivity index (χ3n) is 3.06. The molecule has 0 heterocycles. The lowest BCUT2D eigenvalue weighted by molar-refractivity contribution is -0.116. The van der Waals surface area contributed by atoms with Gasteiger partial charge in [-0.25, -0.2) is 13.2 Å². The second-order valence-corrected chi connectivity index (χ2v) is 4.64. The predicted molar refractivity (Wildman–Crippen MR) is 76.3 cm³/mol. The molecule has 1 N–H and O–H groups in total. The highest BCUT2D eigenvalue weighted by Crippen LogP contribution is 2.19. The van der Waals surface area contributed by atoms with Gasteiger partial charge in [0.25, 0.3) is 0 Å². The summed E-state index contributed by atoms with van der Waals surface area (Å²) in [5.74, 6) is -2.24. The van der Waals surface area contributed by atoms with Gasteiger partial charge in [-0.05, 0) is 36.2 Å². The van der Waals surface area contributed by atoms with Crippen LogP contribution in [0.3, 0.4) is 0 Å². The number of rotatable bonds is 5. The van der Waals surface area contributed by atoms with Crippen molar-refractivity contribution in [3.63, 3.8) is 0 Å². The molecule has 2 aromatic rings. The van der Waals surface area contributed by atoms with Gasteiger partial charge in [-0.3, -0.25) is 4.79 Å². The van der Waals surface area contributed by atoms with Crippen LogP contribution >= 0.6 is 0 Å². The molecular weight excluding hydrogens is 295 g/mol. The van der Waals surface area contributed by atoms with E-state index in [1.165, 1.54) is 19.2 Å². The molecule has 0 aliphatic heterocycles. The Morgan fingerprint density at radius 1 is 1.09 bits per heavy atom. The Morgan fingerprint density at radius 2 is 1.86 bits per heavy atom. The Kier molecular flexibility index (Phi) is 5.04. The summed E-state index contributed by atoms with van der Waals surface area (Å²) in [6.45, 7) is 0. The van der Waals surface area contributed by atoms with Crippen LogP contribution in [0.1, 0.15) is 12.0 Å². The molecule has 22 heavy (non-hydrogen) atoms. The van der Waals surface area contributed by atoms with Crippen molar-refractivity contribution in [3.05, 3.63) is 59.4 Å². The number of ether oxygens (including phenoxy) is 1. The molecule has 0 aliphatic rings. The zero-order chi connectivity index (χ0) is 16.1. The summed E-state index contributed by atoms with van der Waals surface area (Å²) in [7, 11) is 1.36. The van der Waals surface area contributed by atoms with Crippen molar-refractivity contribution in [2.24, 2.45) is 0 Å². The minimum Gasteiger partial charge on any atom is -0.494 e. The first-order valence-electron chi connectivity index (χ1n) is 6.57. The van der Waals surface area contributed by atoms with Crippen LogP contribution in [0.5, 0.6) is 5.75 Å². The van der Waals surface area contributed by atoms with Crippen molar-refractivity contribution in [2.75, 3.05) is 12.4 Å². The Labute approximate surface area is 125 Å².